The number of hydrogen-bond donors (Lipinski definition) is 1. The molecule has 3 atom stereocenters. The number of benzene rings is 1. The largest absolute Gasteiger partial charge is 0.323 e. The summed E-state index contributed by atoms with van der Waals surface area (Å²) >= 11 is 0. The molecular weight excluding hydrogens is 232 g/mol. The Morgan fingerprint density at radius 2 is 1.63 bits per heavy atom. The van der Waals surface area contributed by atoms with Crippen LogP contribution in [-0.4, -0.2) is 23.5 Å². The van der Waals surface area contributed by atoms with Gasteiger partial charge in [-0.15, -0.1) is 0 Å². The number of hydrogen-bond acceptors (Lipinski definition) is 2. The molecule has 106 valence electrons. The van der Waals surface area contributed by atoms with Crippen molar-refractivity contribution in [2.45, 2.75) is 65.1 Å². The third-order valence-electron chi connectivity index (χ3n) is 4.46. The van der Waals surface area contributed by atoms with Gasteiger partial charge >= 0.3 is 0 Å². The van der Waals surface area contributed by atoms with Gasteiger partial charge in [-0.2, -0.15) is 0 Å². The van der Waals surface area contributed by atoms with Crippen molar-refractivity contribution in [3.8, 4) is 0 Å². The molecule has 2 nitrogen and oxygen atoms in total. The molecule has 0 aromatic heterocycles. The van der Waals surface area contributed by atoms with Gasteiger partial charge < -0.3 is 5.73 Å². The van der Waals surface area contributed by atoms with Crippen molar-refractivity contribution in [1.82, 2.24) is 4.90 Å². The lowest BCUT2D eigenvalue weighted by Gasteiger charge is -2.40. The second-order valence-electron chi connectivity index (χ2n) is 6.35. The fraction of sp³-hybridized carbons (Fsp3) is 0.647. The highest BCUT2D eigenvalue weighted by atomic mass is 15.2. The van der Waals surface area contributed by atoms with Crippen molar-refractivity contribution in [2.24, 2.45) is 5.73 Å². The molecule has 0 amide bonds. The molecule has 1 heterocycles. The van der Waals surface area contributed by atoms with Crippen LogP contribution < -0.4 is 5.73 Å². The van der Waals surface area contributed by atoms with E-state index < -0.39 is 0 Å². The van der Waals surface area contributed by atoms with Gasteiger partial charge in [-0.05, 0) is 46.1 Å². The van der Waals surface area contributed by atoms with Crippen LogP contribution in [0.2, 0.25) is 0 Å². The van der Waals surface area contributed by atoms with Crippen LogP contribution in [-0.2, 0) is 0 Å². The van der Waals surface area contributed by atoms with Gasteiger partial charge in [0.25, 0.3) is 0 Å². The van der Waals surface area contributed by atoms with E-state index in [-0.39, 0.29) is 6.04 Å². The molecule has 1 saturated heterocycles. The monoisotopic (exact) mass is 260 g/mol. The number of likely N-dealkylation sites (tertiary alicyclic amines) is 1. The zero-order valence-corrected chi connectivity index (χ0v) is 12.8. The molecule has 0 aliphatic carbocycles. The van der Waals surface area contributed by atoms with Crippen molar-refractivity contribution in [3.05, 3.63) is 34.9 Å². The quantitative estimate of drug-likeness (QED) is 0.900. The molecule has 1 unspecified atom stereocenters. The molecule has 1 aromatic rings. The van der Waals surface area contributed by atoms with Crippen LogP contribution in [0.1, 0.15) is 55.8 Å². The molecule has 0 radical (unpaired) electrons. The Hall–Kier alpha value is -0.860. The summed E-state index contributed by atoms with van der Waals surface area (Å²) in [6.07, 6.45) is 3.98. The average Bonchev–Trinajstić information content (AvgIpc) is 2.32. The summed E-state index contributed by atoms with van der Waals surface area (Å²) in [6.45, 7) is 9.95. The summed E-state index contributed by atoms with van der Waals surface area (Å²) in [5.74, 6) is 0. The predicted molar refractivity (Wildman–Crippen MR) is 82.3 cm³/mol. The first kappa shape index (κ1) is 14.5. The Balaban J connectivity index is 2.09. The van der Waals surface area contributed by atoms with Crippen molar-refractivity contribution >= 4 is 0 Å². The van der Waals surface area contributed by atoms with E-state index in [0.717, 1.165) is 6.54 Å². The number of nitrogens with two attached hydrogens (primary N) is 1. The second kappa shape index (κ2) is 6.06. The van der Waals surface area contributed by atoms with Crippen molar-refractivity contribution < 1.29 is 0 Å². The summed E-state index contributed by atoms with van der Waals surface area (Å²) < 4.78 is 0. The Labute approximate surface area is 118 Å². The molecule has 1 aliphatic rings. The van der Waals surface area contributed by atoms with Gasteiger partial charge in [0.05, 0.1) is 0 Å². The number of piperidine rings is 1. The van der Waals surface area contributed by atoms with Crippen molar-refractivity contribution in [2.75, 3.05) is 6.54 Å². The Morgan fingerprint density at radius 3 is 2.16 bits per heavy atom. The maximum absolute atomic E-state index is 6.45. The van der Waals surface area contributed by atoms with Gasteiger partial charge in [0, 0.05) is 24.7 Å². The highest BCUT2D eigenvalue weighted by Gasteiger charge is 2.26. The molecule has 1 fully saturated rings. The summed E-state index contributed by atoms with van der Waals surface area (Å²) in [5.41, 5.74) is 10.3. The minimum absolute atomic E-state index is 0.126. The smallest absolute Gasteiger partial charge is 0.0424 e. The minimum atomic E-state index is 0.126. The molecule has 19 heavy (non-hydrogen) atoms. The molecule has 2 heteroatoms. The summed E-state index contributed by atoms with van der Waals surface area (Å²) in [6, 6.07) is 8.14. The van der Waals surface area contributed by atoms with Gasteiger partial charge in [0.2, 0.25) is 0 Å². The zero-order chi connectivity index (χ0) is 14.0. The van der Waals surface area contributed by atoms with Crippen molar-refractivity contribution in [1.29, 1.82) is 0 Å². The highest BCUT2D eigenvalue weighted by molar-refractivity contribution is 5.30. The highest BCUT2D eigenvalue weighted by Crippen LogP contribution is 2.25. The van der Waals surface area contributed by atoms with E-state index in [1.165, 1.54) is 36.0 Å². The van der Waals surface area contributed by atoms with E-state index >= 15 is 0 Å². The molecule has 1 aliphatic heterocycles. The standard InChI is InChI=1S/C17H28N2/c1-12-8-13(2)10-16(9-12)17(18)11-19-14(3)6-5-7-15(19)4/h8-10,14-15,17H,5-7,11,18H2,1-4H3/t14-,15+,17?. The third kappa shape index (κ3) is 3.58. The van der Waals surface area contributed by atoms with Gasteiger partial charge in [0.1, 0.15) is 0 Å². The molecule has 0 saturated carbocycles. The third-order valence-corrected chi connectivity index (χ3v) is 4.46. The molecular formula is C17H28N2. The normalized spacial score (nSPS) is 26.4. The van der Waals surface area contributed by atoms with Gasteiger partial charge in [-0.25, -0.2) is 0 Å². The van der Waals surface area contributed by atoms with Crippen LogP contribution in [0.5, 0.6) is 0 Å². The van der Waals surface area contributed by atoms with E-state index in [1.807, 2.05) is 0 Å². The Bertz CT molecular complexity index is 397. The fourth-order valence-corrected chi connectivity index (χ4v) is 3.39. The van der Waals surface area contributed by atoms with Gasteiger partial charge in [0.15, 0.2) is 0 Å². The van der Waals surface area contributed by atoms with Crippen LogP contribution in [0.3, 0.4) is 0 Å². The van der Waals surface area contributed by atoms with Crippen LogP contribution in [0.4, 0.5) is 0 Å². The van der Waals surface area contributed by atoms with Crippen molar-refractivity contribution in [3.63, 3.8) is 0 Å². The molecule has 2 N–H and O–H groups in total. The van der Waals surface area contributed by atoms with E-state index in [0.29, 0.717) is 12.1 Å². The first-order valence-corrected chi connectivity index (χ1v) is 7.57. The Kier molecular flexibility index (Phi) is 4.64. The van der Waals surface area contributed by atoms with Gasteiger partial charge in [-0.1, -0.05) is 35.7 Å². The number of rotatable bonds is 3. The second-order valence-corrected chi connectivity index (χ2v) is 6.35. The maximum atomic E-state index is 6.45. The Morgan fingerprint density at radius 1 is 1.11 bits per heavy atom. The molecule has 0 spiro atoms. The lowest BCUT2D eigenvalue weighted by Crippen LogP contribution is -2.46. The van der Waals surface area contributed by atoms with Crippen LogP contribution in [0, 0.1) is 13.8 Å². The van der Waals surface area contributed by atoms with Crippen LogP contribution >= 0.6 is 0 Å². The zero-order valence-electron chi connectivity index (χ0n) is 12.8. The summed E-state index contributed by atoms with van der Waals surface area (Å²) in [4.78, 5) is 2.59. The summed E-state index contributed by atoms with van der Waals surface area (Å²) in [5, 5.41) is 0. The van der Waals surface area contributed by atoms with Crippen LogP contribution in [0.25, 0.3) is 0 Å². The fourth-order valence-electron chi connectivity index (χ4n) is 3.39. The van der Waals surface area contributed by atoms with E-state index in [1.54, 1.807) is 0 Å². The number of nitrogens with zero attached hydrogens (tertiary/aromatic N) is 1. The van der Waals surface area contributed by atoms with E-state index in [2.05, 4.69) is 50.8 Å². The SMILES string of the molecule is Cc1cc(C)cc(C(N)CN2[C@H](C)CCC[C@@H]2C)c1. The van der Waals surface area contributed by atoms with Gasteiger partial charge in [-0.3, -0.25) is 4.90 Å². The lowest BCUT2D eigenvalue weighted by atomic mass is 9.95. The van der Waals surface area contributed by atoms with E-state index in [4.69, 9.17) is 5.73 Å². The predicted octanol–water partition coefficient (Wildman–Crippen LogP) is 3.57. The molecule has 2 rings (SSSR count). The first-order chi connectivity index (χ1) is 8.97. The first-order valence-electron chi connectivity index (χ1n) is 7.57. The number of aryl methyl sites for hydroxylation is 2. The molecule has 0 bridgehead atoms. The maximum Gasteiger partial charge on any atom is 0.0424 e. The lowest BCUT2D eigenvalue weighted by molar-refractivity contribution is 0.0961. The summed E-state index contributed by atoms with van der Waals surface area (Å²) in [7, 11) is 0. The van der Waals surface area contributed by atoms with E-state index in [9.17, 15) is 0 Å². The van der Waals surface area contributed by atoms with Crippen LogP contribution in [0.15, 0.2) is 18.2 Å². The topological polar surface area (TPSA) is 29.3 Å². The average molecular weight is 260 g/mol. The minimum Gasteiger partial charge on any atom is -0.323 e. The molecule has 1 aromatic carbocycles.